The van der Waals surface area contributed by atoms with Gasteiger partial charge in [-0.1, -0.05) is 13.8 Å². The average molecular weight is 146 g/mol. The Balaban J connectivity index is 0. The van der Waals surface area contributed by atoms with Gasteiger partial charge < -0.3 is 9.53 Å². The molecule has 0 aromatic heterocycles. The fourth-order valence-corrected chi connectivity index (χ4v) is 0.575. The van der Waals surface area contributed by atoms with Crippen molar-refractivity contribution >= 4 is 5.78 Å². The summed E-state index contributed by atoms with van der Waals surface area (Å²) in [5.74, 6) is 0.813. The van der Waals surface area contributed by atoms with Gasteiger partial charge in [0.25, 0.3) is 0 Å². The number of ether oxygens (including phenoxy) is 1. The molecule has 0 aromatic carbocycles. The Labute approximate surface area is 63.6 Å². The number of rotatable bonds is 2. The molecule has 0 fully saturated rings. The summed E-state index contributed by atoms with van der Waals surface area (Å²) < 4.78 is 4.25. The van der Waals surface area contributed by atoms with Gasteiger partial charge >= 0.3 is 0 Å². The van der Waals surface area contributed by atoms with Crippen LogP contribution in [0, 0.1) is 5.92 Å². The van der Waals surface area contributed by atoms with Crippen LogP contribution in [0.2, 0.25) is 0 Å². The van der Waals surface area contributed by atoms with E-state index in [2.05, 4.69) is 4.74 Å². The lowest BCUT2D eigenvalue weighted by Gasteiger charge is -1.95. The highest BCUT2D eigenvalue weighted by Crippen LogP contribution is 1.97. The third kappa shape index (κ3) is 25.5. The first kappa shape index (κ1) is 12.3. The van der Waals surface area contributed by atoms with E-state index in [-0.39, 0.29) is 5.78 Å². The maximum atomic E-state index is 10.3. The fraction of sp³-hybridized carbons (Fsp3) is 0.875. The minimum Gasteiger partial charge on any atom is -0.388 e. The molecule has 2 heteroatoms. The van der Waals surface area contributed by atoms with Crippen LogP contribution >= 0.6 is 0 Å². The number of Topliss-reactive ketones (excluding diaryl/α,β-unsaturated/α-hetero) is 1. The summed E-state index contributed by atoms with van der Waals surface area (Å²) in [5, 5.41) is 0. The molecule has 0 radical (unpaired) electrons. The van der Waals surface area contributed by atoms with E-state index in [1.54, 1.807) is 21.1 Å². The highest BCUT2D eigenvalue weighted by atomic mass is 16.4. The Morgan fingerprint density at radius 2 is 1.70 bits per heavy atom. The van der Waals surface area contributed by atoms with Crippen LogP contribution < -0.4 is 0 Å². The molecule has 0 amide bonds. The minimum atomic E-state index is 0.287. The summed E-state index contributed by atoms with van der Waals surface area (Å²) in [6.45, 7) is 5.71. The Morgan fingerprint density at radius 1 is 1.40 bits per heavy atom. The number of methoxy groups -OCH3 is 1. The quantitative estimate of drug-likeness (QED) is 0.594. The largest absolute Gasteiger partial charge is 0.388 e. The molecule has 62 valence electrons. The molecule has 0 atom stereocenters. The highest BCUT2D eigenvalue weighted by Gasteiger charge is 1.95. The normalized spacial score (nSPS) is 8.60. The van der Waals surface area contributed by atoms with Crippen molar-refractivity contribution in [2.75, 3.05) is 14.2 Å². The molecule has 0 heterocycles. The van der Waals surface area contributed by atoms with Crippen LogP contribution in [-0.4, -0.2) is 20.0 Å². The molecular weight excluding hydrogens is 128 g/mol. The summed E-state index contributed by atoms with van der Waals surface area (Å²) in [4.78, 5) is 10.3. The van der Waals surface area contributed by atoms with Gasteiger partial charge in [-0.3, -0.25) is 0 Å². The monoisotopic (exact) mass is 146 g/mol. The molecule has 2 nitrogen and oxygen atoms in total. The number of carbonyl (C=O) groups is 1. The number of hydrogen-bond acceptors (Lipinski definition) is 2. The van der Waals surface area contributed by atoms with Crippen molar-refractivity contribution in [1.29, 1.82) is 0 Å². The molecule has 0 saturated heterocycles. The van der Waals surface area contributed by atoms with Crippen LogP contribution in [0.5, 0.6) is 0 Å². The molecule has 0 N–H and O–H groups in total. The van der Waals surface area contributed by atoms with Crippen molar-refractivity contribution in [3.8, 4) is 0 Å². The zero-order valence-corrected chi connectivity index (χ0v) is 7.60. The van der Waals surface area contributed by atoms with Gasteiger partial charge in [-0.05, 0) is 12.8 Å². The van der Waals surface area contributed by atoms with Crippen molar-refractivity contribution in [3.05, 3.63) is 0 Å². The van der Waals surface area contributed by atoms with Crippen LogP contribution in [0.4, 0.5) is 0 Å². The van der Waals surface area contributed by atoms with Gasteiger partial charge in [-0.25, -0.2) is 0 Å². The van der Waals surface area contributed by atoms with Gasteiger partial charge in [0.15, 0.2) is 0 Å². The molecule has 0 rings (SSSR count). The molecular formula is C8H18O2. The van der Waals surface area contributed by atoms with E-state index >= 15 is 0 Å². The Bertz CT molecular complexity index is 77.3. The van der Waals surface area contributed by atoms with Gasteiger partial charge in [0, 0.05) is 20.6 Å². The fourth-order valence-electron chi connectivity index (χ4n) is 0.575. The minimum absolute atomic E-state index is 0.287. The first-order chi connectivity index (χ1) is 4.54. The lowest BCUT2D eigenvalue weighted by molar-refractivity contribution is -0.117. The summed E-state index contributed by atoms with van der Waals surface area (Å²) in [6.07, 6.45) is 0.722. The van der Waals surface area contributed by atoms with E-state index in [1.165, 1.54) is 0 Å². The van der Waals surface area contributed by atoms with Crippen LogP contribution in [0.1, 0.15) is 27.2 Å². The van der Waals surface area contributed by atoms with Gasteiger partial charge in [-0.15, -0.1) is 0 Å². The zero-order valence-electron chi connectivity index (χ0n) is 7.60. The van der Waals surface area contributed by atoms with Crippen molar-refractivity contribution < 1.29 is 9.53 Å². The van der Waals surface area contributed by atoms with Crippen LogP contribution in [0.15, 0.2) is 0 Å². The number of ketones is 1. The Hall–Kier alpha value is -0.370. The van der Waals surface area contributed by atoms with E-state index in [1.807, 2.05) is 13.8 Å². The summed E-state index contributed by atoms with van der Waals surface area (Å²) in [6, 6.07) is 0. The molecule has 0 aliphatic rings. The number of carbonyl (C=O) groups excluding carboxylic acids is 1. The van der Waals surface area contributed by atoms with E-state index in [0.29, 0.717) is 5.92 Å². The van der Waals surface area contributed by atoms with Crippen molar-refractivity contribution in [1.82, 2.24) is 0 Å². The van der Waals surface area contributed by atoms with Crippen LogP contribution in [-0.2, 0) is 9.53 Å². The molecule has 10 heavy (non-hydrogen) atoms. The number of hydrogen-bond donors (Lipinski definition) is 0. The standard InChI is InChI=1S/C6H12O.C2H6O/c1-5(2)4-6(3)7;1-3-2/h5H,4H2,1-3H3;1-2H3. The molecule has 0 bridgehead atoms. The second-order valence-corrected chi connectivity index (χ2v) is 2.71. The predicted molar refractivity (Wildman–Crippen MR) is 43.1 cm³/mol. The van der Waals surface area contributed by atoms with Crippen LogP contribution in [0.25, 0.3) is 0 Å². The Kier molecular flexibility index (Phi) is 10.6. The second-order valence-electron chi connectivity index (χ2n) is 2.71. The topological polar surface area (TPSA) is 26.3 Å². The second kappa shape index (κ2) is 8.63. The maximum absolute atomic E-state index is 10.3. The third-order valence-corrected chi connectivity index (χ3v) is 0.696. The smallest absolute Gasteiger partial charge is 0.130 e. The summed E-state index contributed by atoms with van der Waals surface area (Å²) in [7, 11) is 3.25. The van der Waals surface area contributed by atoms with E-state index in [0.717, 1.165) is 6.42 Å². The summed E-state index contributed by atoms with van der Waals surface area (Å²) >= 11 is 0. The van der Waals surface area contributed by atoms with Crippen LogP contribution in [0.3, 0.4) is 0 Å². The van der Waals surface area contributed by atoms with E-state index in [4.69, 9.17) is 0 Å². The van der Waals surface area contributed by atoms with E-state index in [9.17, 15) is 4.79 Å². The van der Waals surface area contributed by atoms with Gasteiger partial charge in [0.1, 0.15) is 5.78 Å². The van der Waals surface area contributed by atoms with Crippen molar-refractivity contribution in [3.63, 3.8) is 0 Å². The van der Waals surface area contributed by atoms with Crippen molar-refractivity contribution in [2.45, 2.75) is 27.2 Å². The molecule has 0 unspecified atom stereocenters. The molecule has 0 aromatic rings. The van der Waals surface area contributed by atoms with Gasteiger partial charge in [0.2, 0.25) is 0 Å². The average Bonchev–Trinajstić information content (AvgIpc) is 1.62. The first-order valence-corrected chi connectivity index (χ1v) is 3.44. The highest BCUT2D eigenvalue weighted by molar-refractivity contribution is 5.75. The van der Waals surface area contributed by atoms with Crippen molar-refractivity contribution in [2.24, 2.45) is 5.92 Å². The molecule has 0 saturated carbocycles. The lowest BCUT2D eigenvalue weighted by atomic mass is 10.1. The summed E-state index contributed by atoms with van der Waals surface area (Å²) in [5.41, 5.74) is 0. The zero-order chi connectivity index (χ0) is 8.57. The molecule has 0 spiro atoms. The maximum Gasteiger partial charge on any atom is 0.130 e. The third-order valence-electron chi connectivity index (χ3n) is 0.696. The molecule has 0 aliphatic carbocycles. The predicted octanol–water partition coefficient (Wildman–Crippen LogP) is 1.88. The van der Waals surface area contributed by atoms with E-state index < -0.39 is 0 Å². The molecule has 0 aliphatic heterocycles. The lowest BCUT2D eigenvalue weighted by Crippen LogP contribution is -1.95. The van der Waals surface area contributed by atoms with Gasteiger partial charge in [-0.2, -0.15) is 0 Å². The van der Waals surface area contributed by atoms with Gasteiger partial charge in [0.05, 0.1) is 0 Å². The Morgan fingerprint density at radius 3 is 1.70 bits per heavy atom. The first-order valence-electron chi connectivity index (χ1n) is 3.44. The SMILES string of the molecule is CC(=O)CC(C)C.COC.